The third-order valence-electron chi connectivity index (χ3n) is 2.23. The number of rotatable bonds is 2. The number of Topliss-reactive ketones (excluding diaryl/α,β-unsaturated/α-hetero) is 1. The molecule has 1 rings (SSSR count). The van der Waals surface area contributed by atoms with Gasteiger partial charge in [-0.05, 0) is 19.4 Å². The summed E-state index contributed by atoms with van der Waals surface area (Å²) in [5.74, 6) is -0.279. The SMILES string of the molecule is CNc1ncc(C(F)(F)F)c(C)c1C(C)=O. The smallest absolute Gasteiger partial charge is 0.373 e. The van der Waals surface area contributed by atoms with Crippen molar-refractivity contribution in [3.8, 4) is 0 Å². The minimum atomic E-state index is -4.49. The molecule has 3 nitrogen and oxygen atoms in total. The first-order chi connectivity index (χ1) is 7.29. The molecule has 0 unspecified atom stereocenters. The monoisotopic (exact) mass is 232 g/mol. The van der Waals surface area contributed by atoms with E-state index in [0.717, 1.165) is 6.20 Å². The highest BCUT2D eigenvalue weighted by Gasteiger charge is 2.34. The van der Waals surface area contributed by atoms with Crippen molar-refractivity contribution >= 4 is 11.6 Å². The molecule has 6 heteroatoms. The second-order valence-corrected chi connectivity index (χ2v) is 3.32. The van der Waals surface area contributed by atoms with Gasteiger partial charge >= 0.3 is 6.18 Å². The second kappa shape index (κ2) is 4.11. The van der Waals surface area contributed by atoms with Gasteiger partial charge in [0.15, 0.2) is 5.78 Å². The first kappa shape index (κ1) is 12.5. The summed E-state index contributed by atoms with van der Waals surface area (Å²) in [6.07, 6.45) is -3.76. The zero-order valence-corrected chi connectivity index (χ0v) is 9.07. The Morgan fingerprint density at radius 1 is 1.44 bits per heavy atom. The summed E-state index contributed by atoms with van der Waals surface area (Å²) < 4.78 is 37.7. The van der Waals surface area contributed by atoms with E-state index in [0.29, 0.717) is 0 Å². The zero-order chi connectivity index (χ0) is 12.5. The Morgan fingerprint density at radius 3 is 2.38 bits per heavy atom. The molecule has 0 atom stereocenters. The molecule has 0 aliphatic heterocycles. The van der Waals surface area contributed by atoms with Crippen molar-refractivity contribution in [2.75, 3.05) is 12.4 Å². The van der Waals surface area contributed by atoms with Crippen LogP contribution in [0.2, 0.25) is 0 Å². The zero-order valence-electron chi connectivity index (χ0n) is 9.07. The standard InChI is InChI=1S/C10H11F3N2O/c1-5-7(10(11,12)13)4-15-9(14-3)8(5)6(2)16/h4H,1-3H3,(H,14,15). The maximum absolute atomic E-state index is 12.6. The Labute approximate surface area is 90.7 Å². The lowest BCUT2D eigenvalue weighted by Gasteiger charge is -2.14. The van der Waals surface area contributed by atoms with E-state index in [2.05, 4.69) is 10.3 Å². The minimum Gasteiger partial charge on any atom is -0.373 e. The summed E-state index contributed by atoms with van der Waals surface area (Å²) in [5, 5.41) is 2.60. The summed E-state index contributed by atoms with van der Waals surface area (Å²) in [4.78, 5) is 14.9. The number of nitrogens with zero attached hydrogens (tertiary/aromatic N) is 1. The van der Waals surface area contributed by atoms with Gasteiger partial charge in [0.05, 0.1) is 11.1 Å². The van der Waals surface area contributed by atoms with Crippen LogP contribution in [0.15, 0.2) is 6.20 Å². The van der Waals surface area contributed by atoms with Gasteiger partial charge < -0.3 is 5.32 Å². The fourth-order valence-corrected chi connectivity index (χ4v) is 1.51. The van der Waals surface area contributed by atoms with Gasteiger partial charge in [0, 0.05) is 13.2 Å². The van der Waals surface area contributed by atoms with E-state index in [4.69, 9.17) is 0 Å². The fourth-order valence-electron chi connectivity index (χ4n) is 1.51. The Morgan fingerprint density at radius 2 is 2.00 bits per heavy atom. The Kier molecular flexibility index (Phi) is 3.21. The quantitative estimate of drug-likeness (QED) is 0.797. The minimum absolute atomic E-state index is 0.0164. The molecule has 0 amide bonds. The summed E-state index contributed by atoms with van der Waals surface area (Å²) in [6.45, 7) is 2.48. The third-order valence-corrected chi connectivity index (χ3v) is 2.23. The largest absolute Gasteiger partial charge is 0.418 e. The van der Waals surface area contributed by atoms with Crippen LogP contribution in [-0.2, 0) is 6.18 Å². The van der Waals surface area contributed by atoms with Crippen molar-refractivity contribution in [2.24, 2.45) is 0 Å². The number of aromatic nitrogens is 1. The molecule has 0 saturated heterocycles. The van der Waals surface area contributed by atoms with Crippen molar-refractivity contribution in [1.29, 1.82) is 0 Å². The predicted octanol–water partition coefficient (Wildman–Crippen LogP) is 2.65. The van der Waals surface area contributed by atoms with Gasteiger partial charge in [0.2, 0.25) is 0 Å². The lowest BCUT2D eigenvalue weighted by molar-refractivity contribution is -0.138. The average molecular weight is 232 g/mol. The molecule has 88 valence electrons. The Bertz CT molecular complexity index is 427. The molecule has 1 heterocycles. The number of ketones is 1. The number of halogens is 3. The van der Waals surface area contributed by atoms with Crippen LogP contribution in [-0.4, -0.2) is 17.8 Å². The van der Waals surface area contributed by atoms with Crippen LogP contribution in [0.3, 0.4) is 0 Å². The molecule has 16 heavy (non-hydrogen) atoms. The van der Waals surface area contributed by atoms with Gasteiger partial charge in [0.1, 0.15) is 5.82 Å². The van der Waals surface area contributed by atoms with Crippen LogP contribution in [0.1, 0.15) is 28.4 Å². The molecular formula is C10H11F3N2O. The molecule has 0 spiro atoms. The van der Waals surface area contributed by atoms with Crippen molar-refractivity contribution < 1.29 is 18.0 Å². The van der Waals surface area contributed by atoms with Gasteiger partial charge in [0.25, 0.3) is 0 Å². The Balaban J connectivity index is 3.50. The fraction of sp³-hybridized carbons (Fsp3) is 0.400. The van der Waals surface area contributed by atoms with Gasteiger partial charge in [-0.15, -0.1) is 0 Å². The van der Waals surface area contributed by atoms with E-state index in [-0.39, 0.29) is 16.9 Å². The van der Waals surface area contributed by atoms with Crippen LogP contribution in [0.25, 0.3) is 0 Å². The van der Waals surface area contributed by atoms with Crippen molar-refractivity contribution in [3.05, 3.63) is 22.9 Å². The van der Waals surface area contributed by atoms with Crippen LogP contribution in [0.4, 0.5) is 19.0 Å². The maximum Gasteiger partial charge on any atom is 0.418 e. The van der Waals surface area contributed by atoms with E-state index in [9.17, 15) is 18.0 Å². The molecule has 0 aliphatic rings. The van der Waals surface area contributed by atoms with Crippen LogP contribution >= 0.6 is 0 Å². The van der Waals surface area contributed by atoms with Gasteiger partial charge in [-0.2, -0.15) is 13.2 Å². The van der Waals surface area contributed by atoms with Crippen molar-refractivity contribution in [2.45, 2.75) is 20.0 Å². The van der Waals surface area contributed by atoms with Crippen molar-refractivity contribution in [1.82, 2.24) is 4.98 Å². The highest BCUT2D eigenvalue weighted by molar-refractivity contribution is 6.00. The van der Waals surface area contributed by atoms with Gasteiger partial charge in [-0.25, -0.2) is 4.98 Å². The topological polar surface area (TPSA) is 42.0 Å². The number of carbonyl (C=O) groups is 1. The Hall–Kier alpha value is -1.59. The van der Waals surface area contributed by atoms with E-state index in [1.165, 1.54) is 20.9 Å². The molecule has 0 radical (unpaired) electrons. The molecule has 0 fully saturated rings. The highest BCUT2D eigenvalue weighted by Crippen LogP contribution is 2.34. The molecule has 0 aliphatic carbocycles. The van der Waals surface area contributed by atoms with Crippen molar-refractivity contribution in [3.63, 3.8) is 0 Å². The molecule has 1 aromatic heterocycles. The number of hydrogen-bond donors (Lipinski definition) is 1. The molecule has 0 aromatic carbocycles. The number of nitrogens with one attached hydrogen (secondary N) is 1. The molecule has 0 saturated carbocycles. The number of alkyl halides is 3. The summed E-state index contributed by atoms with van der Waals surface area (Å²) in [6, 6.07) is 0. The summed E-state index contributed by atoms with van der Waals surface area (Å²) >= 11 is 0. The number of anilines is 1. The van der Waals surface area contributed by atoms with E-state index in [1.807, 2.05) is 0 Å². The summed E-state index contributed by atoms with van der Waals surface area (Å²) in [5.41, 5.74) is -0.992. The molecule has 1 N–H and O–H groups in total. The van der Waals surface area contributed by atoms with Gasteiger partial charge in [-0.3, -0.25) is 4.79 Å². The lowest BCUT2D eigenvalue weighted by Crippen LogP contribution is -2.14. The highest BCUT2D eigenvalue weighted by atomic mass is 19.4. The van der Waals surface area contributed by atoms with Crippen LogP contribution in [0, 0.1) is 6.92 Å². The van der Waals surface area contributed by atoms with E-state index < -0.39 is 17.5 Å². The lowest BCUT2D eigenvalue weighted by atomic mass is 10.0. The molecule has 1 aromatic rings. The number of pyridine rings is 1. The third kappa shape index (κ3) is 2.15. The average Bonchev–Trinajstić information content (AvgIpc) is 2.14. The van der Waals surface area contributed by atoms with Crippen LogP contribution < -0.4 is 5.32 Å². The first-order valence-corrected chi connectivity index (χ1v) is 4.54. The number of hydrogen-bond acceptors (Lipinski definition) is 3. The predicted molar refractivity (Wildman–Crippen MR) is 53.5 cm³/mol. The van der Waals surface area contributed by atoms with Gasteiger partial charge in [-0.1, -0.05) is 0 Å². The second-order valence-electron chi connectivity index (χ2n) is 3.32. The summed E-state index contributed by atoms with van der Waals surface area (Å²) in [7, 11) is 1.50. The van der Waals surface area contributed by atoms with E-state index in [1.54, 1.807) is 0 Å². The van der Waals surface area contributed by atoms with Crippen LogP contribution in [0.5, 0.6) is 0 Å². The molecule has 0 bridgehead atoms. The molecular weight excluding hydrogens is 221 g/mol. The maximum atomic E-state index is 12.6. The normalized spacial score (nSPS) is 11.4. The number of carbonyl (C=O) groups excluding carboxylic acids is 1. The first-order valence-electron chi connectivity index (χ1n) is 4.54. The van der Waals surface area contributed by atoms with E-state index >= 15 is 0 Å².